The predicted octanol–water partition coefficient (Wildman–Crippen LogP) is 3.59. The molecule has 0 bridgehead atoms. The predicted molar refractivity (Wildman–Crippen MR) is 117 cm³/mol. The molecule has 8 nitrogen and oxygen atoms in total. The molecule has 1 fully saturated rings. The van der Waals surface area contributed by atoms with Crippen molar-refractivity contribution in [1.82, 2.24) is 30.0 Å². The summed E-state index contributed by atoms with van der Waals surface area (Å²) in [6.45, 7) is 5.16. The molecule has 1 aliphatic rings. The van der Waals surface area contributed by atoms with Gasteiger partial charge >= 0.3 is 6.18 Å². The number of rotatable bonds is 5. The van der Waals surface area contributed by atoms with Gasteiger partial charge in [-0.2, -0.15) is 33.2 Å². The molecule has 2 N–H and O–H groups in total. The summed E-state index contributed by atoms with van der Waals surface area (Å²) >= 11 is 0. The highest BCUT2D eigenvalue weighted by molar-refractivity contribution is 5.68. The van der Waals surface area contributed by atoms with E-state index in [1.165, 1.54) is 6.07 Å². The van der Waals surface area contributed by atoms with Crippen molar-refractivity contribution in [3.05, 3.63) is 53.0 Å². The molecule has 0 aliphatic carbocycles. The fourth-order valence-corrected chi connectivity index (χ4v) is 3.25. The molecule has 1 aliphatic heterocycles. The van der Waals surface area contributed by atoms with E-state index in [2.05, 4.69) is 47.3 Å². The van der Waals surface area contributed by atoms with Crippen LogP contribution in [0.2, 0.25) is 0 Å². The third-order valence-corrected chi connectivity index (χ3v) is 5.01. The summed E-state index contributed by atoms with van der Waals surface area (Å²) in [5, 5.41) is 10.0. The number of piperazine rings is 1. The van der Waals surface area contributed by atoms with Gasteiger partial charge in [0.2, 0.25) is 11.9 Å². The van der Waals surface area contributed by atoms with Crippen LogP contribution in [0.1, 0.15) is 22.6 Å². The first-order valence-electron chi connectivity index (χ1n) is 10.1. The van der Waals surface area contributed by atoms with Crippen LogP contribution < -0.4 is 10.2 Å². The third kappa shape index (κ3) is 5.41. The van der Waals surface area contributed by atoms with Crippen molar-refractivity contribution in [2.45, 2.75) is 13.1 Å². The van der Waals surface area contributed by atoms with Gasteiger partial charge in [-0.3, -0.25) is 5.10 Å². The Morgan fingerprint density at radius 2 is 1.81 bits per heavy atom. The molecule has 0 saturated carbocycles. The lowest BCUT2D eigenvalue weighted by Gasteiger charge is -2.32. The Morgan fingerprint density at radius 3 is 2.50 bits per heavy atom. The summed E-state index contributed by atoms with van der Waals surface area (Å²) in [6.07, 6.45) is -1.26. The molecule has 0 radical (unpaired) electrons. The zero-order chi connectivity index (χ0) is 22.7. The first kappa shape index (κ1) is 21.8. The van der Waals surface area contributed by atoms with E-state index in [0.29, 0.717) is 29.1 Å². The lowest BCUT2D eigenvalue weighted by atomic mass is 10.1. The van der Waals surface area contributed by atoms with E-state index in [1.54, 1.807) is 18.2 Å². The van der Waals surface area contributed by atoms with E-state index in [1.807, 2.05) is 13.0 Å². The standard InChI is InChI=1S/C21H23F3N8/c1-14-12-18(30-29-14)26-19-25-17(27-20(28-19)32-10-8-31(2)9-11-32)7-6-15-4-3-5-16(13-15)21(22,23)24/h3-7,12-13H,8-11H2,1-2H3,(H2,25,26,27,28,29,30)/b7-6+. The fourth-order valence-electron chi connectivity index (χ4n) is 3.25. The Kier molecular flexibility index (Phi) is 6.08. The number of anilines is 3. The van der Waals surface area contributed by atoms with Crippen LogP contribution in [-0.2, 0) is 6.18 Å². The summed E-state index contributed by atoms with van der Waals surface area (Å²) in [4.78, 5) is 17.7. The Balaban J connectivity index is 1.63. The zero-order valence-electron chi connectivity index (χ0n) is 17.7. The van der Waals surface area contributed by atoms with Gasteiger partial charge in [0.25, 0.3) is 0 Å². The van der Waals surface area contributed by atoms with Crippen molar-refractivity contribution in [2.24, 2.45) is 0 Å². The van der Waals surface area contributed by atoms with Crippen LogP contribution in [-0.4, -0.2) is 63.3 Å². The molecule has 0 amide bonds. The molecular weight excluding hydrogens is 421 g/mol. The monoisotopic (exact) mass is 444 g/mol. The SMILES string of the molecule is Cc1cc(Nc2nc(/C=C/c3cccc(C(F)(F)F)c3)nc(N3CCN(C)CC3)n2)n[nH]1. The number of aromatic nitrogens is 5. The number of hydrogen-bond acceptors (Lipinski definition) is 7. The fraction of sp³-hybridized carbons (Fsp3) is 0.333. The second-order valence-corrected chi connectivity index (χ2v) is 7.63. The van der Waals surface area contributed by atoms with Crippen molar-refractivity contribution in [3.63, 3.8) is 0 Å². The average molecular weight is 444 g/mol. The highest BCUT2D eigenvalue weighted by Gasteiger charge is 2.30. The smallest absolute Gasteiger partial charge is 0.338 e. The summed E-state index contributed by atoms with van der Waals surface area (Å²) < 4.78 is 39.0. The highest BCUT2D eigenvalue weighted by Crippen LogP contribution is 2.30. The Labute approximate surface area is 183 Å². The minimum Gasteiger partial charge on any atom is -0.338 e. The van der Waals surface area contributed by atoms with Crippen molar-refractivity contribution in [2.75, 3.05) is 43.4 Å². The van der Waals surface area contributed by atoms with E-state index >= 15 is 0 Å². The highest BCUT2D eigenvalue weighted by atomic mass is 19.4. The maximum atomic E-state index is 13.0. The second kappa shape index (κ2) is 8.95. The molecular formula is C21H23F3N8. The molecule has 32 heavy (non-hydrogen) atoms. The summed E-state index contributed by atoms with van der Waals surface area (Å²) in [7, 11) is 2.06. The third-order valence-electron chi connectivity index (χ3n) is 5.01. The van der Waals surface area contributed by atoms with Gasteiger partial charge in [0.1, 0.15) is 0 Å². The van der Waals surface area contributed by atoms with Gasteiger partial charge in [-0.1, -0.05) is 18.2 Å². The minimum absolute atomic E-state index is 0.309. The van der Waals surface area contributed by atoms with Gasteiger partial charge in [-0.05, 0) is 37.7 Å². The lowest BCUT2D eigenvalue weighted by molar-refractivity contribution is -0.137. The van der Waals surface area contributed by atoms with Gasteiger partial charge in [0.15, 0.2) is 11.6 Å². The topological polar surface area (TPSA) is 85.9 Å². The number of nitrogens with one attached hydrogen (secondary N) is 2. The van der Waals surface area contributed by atoms with Gasteiger partial charge in [-0.25, -0.2) is 0 Å². The second-order valence-electron chi connectivity index (χ2n) is 7.63. The van der Waals surface area contributed by atoms with Gasteiger partial charge in [0, 0.05) is 37.9 Å². The zero-order valence-corrected chi connectivity index (χ0v) is 17.7. The lowest BCUT2D eigenvalue weighted by Crippen LogP contribution is -2.45. The van der Waals surface area contributed by atoms with Crippen LogP contribution in [0.15, 0.2) is 30.3 Å². The molecule has 3 aromatic rings. The first-order chi connectivity index (χ1) is 15.3. The van der Waals surface area contributed by atoms with Crippen LogP contribution >= 0.6 is 0 Å². The van der Waals surface area contributed by atoms with Crippen molar-refractivity contribution in [3.8, 4) is 0 Å². The quantitative estimate of drug-likeness (QED) is 0.622. The molecule has 0 spiro atoms. The summed E-state index contributed by atoms with van der Waals surface area (Å²) in [5.74, 6) is 1.71. The number of hydrogen-bond donors (Lipinski definition) is 2. The molecule has 0 unspecified atom stereocenters. The Morgan fingerprint density at radius 1 is 1.03 bits per heavy atom. The number of nitrogens with zero attached hydrogens (tertiary/aromatic N) is 6. The van der Waals surface area contributed by atoms with Gasteiger partial charge in [0.05, 0.1) is 5.56 Å². The summed E-state index contributed by atoms with van der Waals surface area (Å²) in [5.41, 5.74) is 0.578. The van der Waals surface area contributed by atoms with Crippen LogP contribution in [0, 0.1) is 6.92 Å². The Hall–Kier alpha value is -3.47. The van der Waals surface area contributed by atoms with E-state index in [4.69, 9.17) is 0 Å². The van der Waals surface area contributed by atoms with Crippen molar-refractivity contribution >= 4 is 29.9 Å². The van der Waals surface area contributed by atoms with Crippen molar-refractivity contribution in [1.29, 1.82) is 0 Å². The van der Waals surface area contributed by atoms with Gasteiger partial charge < -0.3 is 15.1 Å². The molecule has 1 aromatic carbocycles. The maximum absolute atomic E-state index is 13.0. The van der Waals surface area contributed by atoms with E-state index in [0.717, 1.165) is 44.0 Å². The van der Waals surface area contributed by atoms with E-state index in [-0.39, 0.29) is 0 Å². The van der Waals surface area contributed by atoms with Crippen LogP contribution in [0.25, 0.3) is 12.2 Å². The number of aryl methyl sites for hydroxylation is 1. The Bertz CT molecular complexity index is 1100. The maximum Gasteiger partial charge on any atom is 0.416 e. The van der Waals surface area contributed by atoms with Crippen LogP contribution in [0.4, 0.5) is 30.9 Å². The number of alkyl halides is 3. The number of likely N-dealkylation sites (N-methyl/N-ethyl adjacent to an activating group) is 1. The number of aromatic amines is 1. The number of H-pyrrole nitrogens is 1. The molecule has 4 rings (SSSR count). The van der Waals surface area contributed by atoms with E-state index < -0.39 is 11.7 Å². The average Bonchev–Trinajstić information content (AvgIpc) is 3.17. The van der Waals surface area contributed by atoms with Crippen LogP contribution in [0.3, 0.4) is 0 Å². The van der Waals surface area contributed by atoms with Crippen molar-refractivity contribution < 1.29 is 13.2 Å². The van der Waals surface area contributed by atoms with Crippen LogP contribution in [0.5, 0.6) is 0 Å². The normalized spacial score (nSPS) is 15.5. The number of halogens is 3. The van der Waals surface area contributed by atoms with E-state index in [9.17, 15) is 13.2 Å². The molecule has 3 heterocycles. The molecule has 0 atom stereocenters. The molecule has 11 heteroatoms. The minimum atomic E-state index is -4.40. The first-order valence-corrected chi connectivity index (χ1v) is 10.1. The molecule has 2 aromatic heterocycles. The number of benzene rings is 1. The molecule has 168 valence electrons. The van der Waals surface area contributed by atoms with Gasteiger partial charge in [-0.15, -0.1) is 0 Å². The summed E-state index contributed by atoms with van der Waals surface area (Å²) in [6, 6.07) is 6.92. The largest absolute Gasteiger partial charge is 0.416 e. The molecule has 1 saturated heterocycles.